The topological polar surface area (TPSA) is 85.8 Å². The Morgan fingerprint density at radius 1 is 1.53 bits per heavy atom. The van der Waals surface area contributed by atoms with E-state index in [1.807, 2.05) is 13.8 Å². The number of amides is 2. The fraction of sp³-hybridized carbons (Fsp3) is 0.538. The van der Waals surface area contributed by atoms with Crippen LogP contribution in [0.5, 0.6) is 0 Å². The number of nitrogens with zero attached hydrogens (tertiary/aromatic N) is 1. The quantitative estimate of drug-likeness (QED) is 0.862. The Morgan fingerprint density at radius 2 is 2.26 bits per heavy atom. The normalized spacial score (nSPS) is 19.5. The number of primary amides is 1. The van der Waals surface area contributed by atoms with Crippen molar-refractivity contribution in [3.8, 4) is 0 Å². The maximum atomic E-state index is 12.4. The van der Waals surface area contributed by atoms with E-state index in [2.05, 4.69) is 0 Å². The first-order valence-corrected chi connectivity index (χ1v) is 6.32. The zero-order valence-electron chi connectivity index (χ0n) is 11.1. The maximum absolute atomic E-state index is 12.4. The molecule has 1 fully saturated rings. The van der Waals surface area contributed by atoms with E-state index >= 15 is 0 Å². The molecule has 0 radical (unpaired) electrons. The van der Waals surface area contributed by atoms with Crippen molar-refractivity contribution in [2.75, 3.05) is 19.8 Å². The molecule has 104 valence electrons. The molecular weight excluding hydrogens is 248 g/mol. The van der Waals surface area contributed by atoms with Crippen molar-refractivity contribution < 1.29 is 18.7 Å². The molecule has 0 saturated carbocycles. The van der Waals surface area contributed by atoms with E-state index in [9.17, 15) is 9.59 Å². The fourth-order valence-electron chi connectivity index (χ4n) is 2.20. The Labute approximate surface area is 111 Å². The van der Waals surface area contributed by atoms with Crippen molar-refractivity contribution in [2.24, 2.45) is 5.73 Å². The molecule has 2 heterocycles. The average Bonchev–Trinajstić information content (AvgIpc) is 2.79. The second-order valence-electron chi connectivity index (χ2n) is 4.56. The lowest BCUT2D eigenvalue weighted by Crippen LogP contribution is -2.54. The SMILES string of the molecule is CCc1oc(C(=O)N2CCOC[C@H]2C(N)=O)cc1C. The van der Waals surface area contributed by atoms with Gasteiger partial charge in [-0.15, -0.1) is 0 Å². The number of nitrogens with two attached hydrogens (primary N) is 1. The number of carbonyl (C=O) groups excluding carboxylic acids is 2. The molecule has 1 aromatic rings. The molecule has 1 aliphatic rings. The minimum Gasteiger partial charge on any atom is -0.456 e. The molecule has 1 aromatic heterocycles. The first-order valence-electron chi connectivity index (χ1n) is 6.32. The fourth-order valence-corrected chi connectivity index (χ4v) is 2.20. The van der Waals surface area contributed by atoms with Crippen LogP contribution >= 0.6 is 0 Å². The van der Waals surface area contributed by atoms with Crippen LogP contribution in [-0.2, 0) is 16.0 Å². The molecule has 0 spiro atoms. The summed E-state index contributed by atoms with van der Waals surface area (Å²) in [5, 5.41) is 0. The van der Waals surface area contributed by atoms with Crippen LogP contribution in [0, 0.1) is 6.92 Å². The summed E-state index contributed by atoms with van der Waals surface area (Å²) >= 11 is 0. The number of morpholine rings is 1. The van der Waals surface area contributed by atoms with Crippen LogP contribution < -0.4 is 5.73 Å². The molecule has 2 N–H and O–H groups in total. The predicted octanol–water partition coefficient (Wildman–Crippen LogP) is 0.477. The summed E-state index contributed by atoms with van der Waals surface area (Å²) in [6.07, 6.45) is 0.724. The monoisotopic (exact) mass is 266 g/mol. The number of ether oxygens (including phenoxy) is 1. The Morgan fingerprint density at radius 3 is 2.84 bits per heavy atom. The van der Waals surface area contributed by atoms with E-state index in [1.54, 1.807) is 6.07 Å². The highest BCUT2D eigenvalue weighted by molar-refractivity contribution is 5.95. The highest BCUT2D eigenvalue weighted by Gasteiger charge is 2.33. The van der Waals surface area contributed by atoms with Crippen LogP contribution in [-0.4, -0.2) is 42.5 Å². The predicted molar refractivity (Wildman–Crippen MR) is 67.7 cm³/mol. The molecule has 6 nitrogen and oxygen atoms in total. The molecule has 0 aromatic carbocycles. The van der Waals surface area contributed by atoms with Gasteiger partial charge in [-0.05, 0) is 18.6 Å². The highest BCUT2D eigenvalue weighted by Crippen LogP contribution is 2.19. The van der Waals surface area contributed by atoms with E-state index in [-0.39, 0.29) is 18.3 Å². The first kappa shape index (κ1) is 13.6. The smallest absolute Gasteiger partial charge is 0.290 e. The van der Waals surface area contributed by atoms with Crippen molar-refractivity contribution in [3.63, 3.8) is 0 Å². The van der Waals surface area contributed by atoms with E-state index < -0.39 is 11.9 Å². The van der Waals surface area contributed by atoms with E-state index in [0.717, 1.165) is 17.7 Å². The van der Waals surface area contributed by atoms with Gasteiger partial charge in [-0.25, -0.2) is 0 Å². The summed E-state index contributed by atoms with van der Waals surface area (Å²) in [4.78, 5) is 25.1. The number of carbonyl (C=O) groups is 2. The van der Waals surface area contributed by atoms with Gasteiger partial charge in [0.1, 0.15) is 11.8 Å². The Balaban J connectivity index is 2.23. The molecule has 0 aliphatic carbocycles. The van der Waals surface area contributed by atoms with Crippen LogP contribution in [0.15, 0.2) is 10.5 Å². The second-order valence-corrected chi connectivity index (χ2v) is 4.56. The second kappa shape index (κ2) is 5.44. The number of hydrogen-bond acceptors (Lipinski definition) is 4. The molecule has 2 rings (SSSR count). The largest absolute Gasteiger partial charge is 0.456 e. The van der Waals surface area contributed by atoms with Gasteiger partial charge in [-0.1, -0.05) is 6.92 Å². The molecule has 0 unspecified atom stereocenters. The third kappa shape index (κ3) is 2.63. The molecule has 1 saturated heterocycles. The average molecular weight is 266 g/mol. The van der Waals surface area contributed by atoms with Crippen molar-refractivity contribution in [1.29, 1.82) is 0 Å². The molecule has 0 bridgehead atoms. The molecule has 19 heavy (non-hydrogen) atoms. The molecule has 2 amide bonds. The number of hydrogen-bond donors (Lipinski definition) is 1. The number of furan rings is 1. The molecule has 1 aliphatic heterocycles. The van der Waals surface area contributed by atoms with Crippen molar-refractivity contribution in [2.45, 2.75) is 26.3 Å². The van der Waals surface area contributed by atoms with Gasteiger partial charge in [0.2, 0.25) is 5.91 Å². The lowest BCUT2D eigenvalue weighted by Gasteiger charge is -2.32. The van der Waals surface area contributed by atoms with Crippen LogP contribution in [0.1, 0.15) is 28.8 Å². The van der Waals surface area contributed by atoms with Gasteiger partial charge >= 0.3 is 0 Å². The minimum atomic E-state index is -0.725. The van der Waals surface area contributed by atoms with Crippen molar-refractivity contribution >= 4 is 11.8 Å². The summed E-state index contributed by atoms with van der Waals surface area (Å²) in [7, 11) is 0. The molecular formula is C13H18N2O4. The highest BCUT2D eigenvalue weighted by atomic mass is 16.5. The van der Waals surface area contributed by atoms with E-state index in [1.165, 1.54) is 4.90 Å². The zero-order chi connectivity index (χ0) is 14.0. The van der Waals surface area contributed by atoms with Gasteiger partial charge in [-0.3, -0.25) is 9.59 Å². The molecule has 1 atom stereocenters. The maximum Gasteiger partial charge on any atom is 0.290 e. The van der Waals surface area contributed by atoms with Gasteiger partial charge in [0.15, 0.2) is 5.76 Å². The van der Waals surface area contributed by atoms with Crippen molar-refractivity contribution in [3.05, 3.63) is 23.2 Å². The first-order chi connectivity index (χ1) is 9.04. The standard InChI is InChI=1S/C13H18N2O4/c1-3-10-8(2)6-11(19-10)13(17)15-4-5-18-7-9(15)12(14)16/h6,9H,3-5,7H2,1-2H3,(H2,14,16)/t9-/m0/s1. The summed E-state index contributed by atoms with van der Waals surface area (Å²) in [5.74, 6) is 0.164. The number of rotatable bonds is 3. The minimum absolute atomic E-state index is 0.140. The van der Waals surface area contributed by atoms with Crippen LogP contribution in [0.25, 0.3) is 0 Å². The van der Waals surface area contributed by atoms with Gasteiger partial charge in [0.05, 0.1) is 13.2 Å². The van der Waals surface area contributed by atoms with Crippen LogP contribution in [0.4, 0.5) is 0 Å². The Kier molecular flexibility index (Phi) is 3.90. The summed E-state index contributed by atoms with van der Waals surface area (Å²) < 4.78 is 10.7. The van der Waals surface area contributed by atoms with E-state index in [0.29, 0.717) is 13.2 Å². The Bertz CT molecular complexity index is 495. The lowest BCUT2D eigenvalue weighted by molar-refractivity contribution is -0.127. The summed E-state index contributed by atoms with van der Waals surface area (Å²) in [5.41, 5.74) is 6.23. The van der Waals surface area contributed by atoms with Gasteiger partial charge < -0.3 is 19.8 Å². The zero-order valence-corrected chi connectivity index (χ0v) is 11.1. The van der Waals surface area contributed by atoms with Gasteiger partial charge in [0.25, 0.3) is 5.91 Å². The third-order valence-electron chi connectivity index (χ3n) is 3.27. The van der Waals surface area contributed by atoms with Crippen molar-refractivity contribution in [1.82, 2.24) is 4.90 Å². The molecule has 6 heteroatoms. The third-order valence-corrected chi connectivity index (χ3v) is 3.27. The number of aryl methyl sites for hydroxylation is 2. The van der Waals surface area contributed by atoms with Gasteiger partial charge in [-0.2, -0.15) is 0 Å². The Hall–Kier alpha value is -1.82. The lowest BCUT2D eigenvalue weighted by atomic mass is 10.2. The van der Waals surface area contributed by atoms with Crippen LogP contribution in [0.3, 0.4) is 0 Å². The summed E-state index contributed by atoms with van der Waals surface area (Å²) in [6.45, 7) is 4.73. The van der Waals surface area contributed by atoms with E-state index in [4.69, 9.17) is 14.9 Å². The van der Waals surface area contributed by atoms with Crippen LogP contribution in [0.2, 0.25) is 0 Å². The summed E-state index contributed by atoms with van der Waals surface area (Å²) in [6, 6.07) is 0.978. The van der Waals surface area contributed by atoms with Gasteiger partial charge in [0, 0.05) is 13.0 Å².